The first kappa shape index (κ1) is 34.3. The number of fused-ring (bicyclic) bond motifs is 2. The maximum Gasteiger partial charge on any atom is 0.352 e. The van der Waals surface area contributed by atoms with E-state index in [-0.39, 0.29) is 44.5 Å². The summed E-state index contributed by atoms with van der Waals surface area (Å²) in [7, 11) is 1.23. The van der Waals surface area contributed by atoms with E-state index < -0.39 is 53.0 Å². The molecule has 3 aromatic rings. The lowest BCUT2D eigenvalue weighted by molar-refractivity contribution is -0.150. The molecular formula is C30H30FN7O8S3. The van der Waals surface area contributed by atoms with Crippen molar-refractivity contribution in [2.45, 2.75) is 24.9 Å². The van der Waals surface area contributed by atoms with Crippen LogP contribution in [0.4, 0.5) is 15.2 Å². The number of carboxylic acid groups (broad SMARTS) is 1. The number of carbonyl (C=O) groups excluding carboxylic acids is 3. The van der Waals surface area contributed by atoms with Crippen LogP contribution in [0.15, 0.2) is 44.9 Å². The Morgan fingerprint density at radius 2 is 1.98 bits per heavy atom. The maximum absolute atomic E-state index is 15.3. The summed E-state index contributed by atoms with van der Waals surface area (Å²) in [6, 6.07) is 1.68. The van der Waals surface area contributed by atoms with E-state index in [1.54, 1.807) is 22.4 Å². The molecule has 2 amide bonds. The van der Waals surface area contributed by atoms with Crippen LogP contribution in [-0.2, 0) is 30.5 Å². The first-order chi connectivity index (χ1) is 23.5. The number of carboxylic acids is 1. The number of nitrogens with zero attached hydrogens (tertiary/aromatic N) is 5. The van der Waals surface area contributed by atoms with Gasteiger partial charge >= 0.3 is 11.9 Å². The summed E-state index contributed by atoms with van der Waals surface area (Å²) in [5, 5.41) is 17.2. The number of hydrogen-bond acceptors (Lipinski definition) is 14. The molecule has 2 atom stereocenters. The minimum Gasteiger partial charge on any atom is -0.477 e. The van der Waals surface area contributed by atoms with Gasteiger partial charge < -0.3 is 35.2 Å². The normalized spacial score (nSPS) is 19.4. The Labute approximate surface area is 290 Å². The molecule has 0 radical (unpaired) electrons. The van der Waals surface area contributed by atoms with Crippen LogP contribution in [0.25, 0.3) is 10.9 Å². The van der Waals surface area contributed by atoms with Gasteiger partial charge in [-0.2, -0.15) is 11.8 Å². The van der Waals surface area contributed by atoms with Crippen LogP contribution in [0, 0.1) is 5.82 Å². The molecule has 15 nitrogen and oxygen atoms in total. The van der Waals surface area contributed by atoms with Gasteiger partial charge in [0, 0.05) is 59.4 Å². The number of nitrogens with two attached hydrogens (primary N) is 1. The average Bonchev–Trinajstić information content (AvgIpc) is 3.53. The Morgan fingerprint density at radius 3 is 2.63 bits per heavy atom. The topological polar surface area (TPSA) is 199 Å². The van der Waals surface area contributed by atoms with E-state index in [1.165, 1.54) is 18.7 Å². The van der Waals surface area contributed by atoms with E-state index in [0.29, 0.717) is 30.8 Å². The number of hydrogen-bond donors (Lipinski definition) is 3. The molecule has 4 N–H and O–H groups in total. The number of oxime groups is 1. The van der Waals surface area contributed by atoms with Gasteiger partial charge in [0.05, 0.1) is 11.2 Å². The van der Waals surface area contributed by atoms with Crippen molar-refractivity contribution < 1.29 is 38.2 Å². The number of pyridine rings is 1. The summed E-state index contributed by atoms with van der Waals surface area (Å²) in [5.74, 6) is -2.75. The molecule has 0 bridgehead atoms. The van der Waals surface area contributed by atoms with Gasteiger partial charge in [-0.3, -0.25) is 19.3 Å². The third kappa shape index (κ3) is 6.44. The van der Waals surface area contributed by atoms with Crippen LogP contribution < -0.4 is 21.4 Å². The number of esters is 1. The second kappa shape index (κ2) is 14.1. The van der Waals surface area contributed by atoms with Gasteiger partial charge in [-0.25, -0.2) is 19.0 Å². The number of amides is 2. The minimum absolute atomic E-state index is 0.0154. The third-order valence-corrected chi connectivity index (χ3v) is 11.1. The number of aromatic nitrogens is 2. The Kier molecular flexibility index (Phi) is 9.84. The number of rotatable bonds is 10. The number of halogens is 1. The van der Waals surface area contributed by atoms with Crippen molar-refractivity contribution >= 4 is 86.0 Å². The lowest BCUT2D eigenvalue weighted by Gasteiger charge is -2.49. The number of ether oxygens (including phenoxy) is 1. The molecule has 2 saturated heterocycles. The quantitative estimate of drug-likeness (QED) is 0.118. The van der Waals surface area contributed by atoms with Crippen molar-refractivity contribution in [1.29, 1.82) is 0 Å². The zero-order valence-corrected chi connectivity index (χ0v) is 28.6. The van der Waals surface area contributed by atoms with E-state index in [0.717, 1.165) is 45.6 Å². The van der Waals surface area contributed by atoms with Crippen LogP contribution in [0.5, 0.6) is 0 Å². The second-order valence-electron chi connectivity index (χ2n) is 11.0. The molecule has 2 fully saturated rings. The molecule has 2 aromatic heterocycles. The van der Waals surface area contributed by atoms with E-state index >= 15 is 4.39 Å². The zero-order valence-electron chi connectivity index (χ0n) is 26.1. The highest BCUT2D eigenvalue weighted by atomic mass is 32.2. The largest absolute Gasteiger partial charge is 0.477 e. The van der Waals surface area contributed by atoms with Crippen molar-refractivity contribution in [2.24, 2.45) is 5.16 Å². The fraction of sp³-hybridized carbons (Fsp3) is 0.367. The molecule has 0 unspecified atom stereocenters. The van der Waals surface area contributed by atoms with Gasteiger partial charge in [-0.05, 0) is 19.1 Å². The number of anilines is 2. The van der Waals surface area contributed by atoms with Crippen LogP contribution in [0.3, 0.4) is 0 Å². The zero-order chi connectivity index (χ0) is 35.0. The molecule has 3 aliphatic heterocycles. The molecule has 0 saturated carbocycles. The SMILES string of the molecule is CCn1cc(C(=O)OCC2=C(C(=O)O)N3C(=O)[C@@H](NC(=O)/C(=N/OC)c4csc(N)n4)[C@H]3SC2)c(=O)c2cc(F)c(N3CCSCC3)cc21. The molecule has 19 heteroatoms. The Hall–Kier alpha value is -4.62. The monoisotopic (exact) mass is 731 g/mol. The average molecular weight is 732 g/mol. The van der Waals surface area contributed by atoms with Crippen molar-refractivity contribution in [3.63, 3.8) is 0 Å². The first-order valence-corrected chi connectivity index (χ1v) is 18.0. The van der Waals surface area contributed by atoms with Crippen LogP contribution >= 0.6 is 34.9 Å². The summed E-state index contributed by atoms with van der Waals surface area (Å²) in [5.41, 5.74) is 5.11. The summed E-state index contributed by atoms with van der Waals surface area (Å²) in [6.45, 7) is 3.01. The summed E-state index contributed by atoms with van der Waals surface area (Å²) < 4.78 is 22.4. The number of nitrogens with one attached hydrogen (secondary N) is 1. The fourth-order valence-electron chi connectivity index (χ4n) is 5.78. The van der Waals surface area contributed by atoms with Gasteiger partial charge in [0.15, 0.2) is 10.8 Å². The van der Waals surface area contributed by atoms with E-state index in [2.05, 4.69) is 15.5 Å². The second-order valence-corrected chi connectivity index (χ2v) is 14.2. The van der Waals surface area contributed by atoms with Crippen molar-refractivity contribution in [2.75, 3.05) is 54.7 Å². The van der Waals surface area contributed by atoms with Crippen molar-refractivity contribution in [3.8, 4) is 0 Å². The highest BCUT2D eigenvalue weighted by molar-refractivity contribution is 8.00. The fourth-order valence-corrected chi connectivity index (χ4v) is 8.56. The summed E-state index contributed by atoms with van der Waals surface area (Å²) >= 11 is 4.02. The Balaban J connectivity index is 1.19. The lowest BCUT2D eigenvalue weighted by Crippen LogP contribution is -2.71. The van der Waals surface area contributed by atoms with Crippen LogP contribution in [-0.4, -0.2) is 105 Å². The highest BCUT2D eigenvalue weighted by Gasteiger charge is 2.54. The number of aryl methyl sites for hydroxylation is 1. The number of aliphatic carboxylic acids is 1. The maximum atomic E-state index is 15.3. The molecule has 0 aliphatic carbocycles. The van der Waals surface area contributed by atoms with Crippen molar-refractivity contribution in [1.82, 2.24) is 19.8 Å². The molecule has 6 rings (SSSR count). The van der Waals surface area contributed by atoms with Gasteiger partial charge in [0.2, 0.25) is 5.43 Å². The van der Waals surface area contributed by atoms with Gasteiger partial charge in [-0.1, -0.05) is 5.16 Å². The van der Waals surface area contributed by atoms with Crippen LogP contribution in [0.2, 0.25) is 0 Å². The van der Waals surface area contributed by atoms with Gasteiger partial charge in [0.1, 0.15) is 47.9 Å². The van der Waals surface area contributed by atoms with Crippen LogP contribution in [0.1, 0.15) is 23.0 Å². The number of carbonyl (C=O) groups is 4. The number of thiazole rings is 1. The molecule has 49 heavy (non-hydrogen) atoms. The number of benzene rings is 1. The van der Waals surface area contributed by atoms with Gasteiger partial charge in [0.25, 0.3) is 11.8 Å². The predicted molar refractivity (Wildman–Crippen MR) is 183 cm³/mol. The third-order valence-electron chi connectivity index (χ3n) is 8.14. The summed E-state index contributed by atoms with van der Waals surface area (Å²) in [6.07, 6.45) is 1.35. The lowest BCUT2D eigenvalue weighted by atomic mass is 10.0. The predicted octanol–water partition coefficient (Wildman–Crippen LogP) is 1.70. The highest BCUT2D eigenvalue weighted by Crippen LogP contribution is 2.40. The number of thioether (sulfide) groups is 2. The smallest absolute Gasteiger partial charge is 0.352 e. The molecule has 3 aliphatic rings. The molecule has 0 spiro atoms. The van der Waals surface area contributed by atoms with Crippen molar-refractivity contribution in [3.05, 3.63) is 62.3 Å². The van der Waals surface area contributed by atoms with E-state index in [9.17, 15) is 29.1 Å². The molecule has 258 valence electrons. The summed E-state index contributed by atoms with van der Waals surface area (Å²) in [4.78, 5) is 76.9. The Morgan fingerprint density at radius 1 is 1.22 bits per heavy atom. The number of nitrogen functional groups attached to an aromatic ring is 1. The minimum atomic E-state index is -1.44. The molecule has 1 aromatic carbocycles. The van der Waals surface area contributed by atoms with E-state index in [4.69, 9.17) is 15.3 Å². The standard InChI is InChI=1S/C30H30FN7O8S3/c1-3-36-10-16(24(39)15-8-17(31)20(9-19(15)36)37-4-6-47-7-5-37)29(44)46-11-14-12-48-27-22(26(41)38(27)23(14)28(42)43)34-25(40)21(35-45-2)18-13-49-30(32)33-18/h8-10,13,22,27H,3-7,11-12H2,1-2H3,(H2,32,33)(H,34,40)(H,42,43)/b35-21+/t22-,27-/m1/s1. The molecule has 5 heterocycles. The Bertz CT molecular complexity index is 1990. The number of β-lactam (4-membered cyclic amide) rings is 1. The first-order valence-electron chi connectivity index (χ1n) is 14.9. The van der Waals surface area contributed by atoms with Gasteiger partial charge in [-0.15, -0.1) is 23.1 Å². The van der Waals surface area contributed by atoms with E-state index in [1.807, 2.05) is 11.8 Å². The molecular weight excluding hydrogens is 702 g/mol.